The number of nitrogens with one attached hydrogen (secondary N) is 2. The van der Waals surface area contributed by atoms with Crippen LogP contribution in [0.2, 0.25) is 0 Å². The fourth-order valence-electron chi connectivity index (χ4n) is 3.36. The third-order valence-corrected chi connectivity index (χ3v) is 5.64. The summed E-state index contributed by atoms with van der Waals surface area (Å²) in [6, 6.07) is 7.80. The summed E-state index contributed by atoms with van der Waals surface area (Å²) in [5.74, 6) is 1.29. The van der Waals surface area contributed by atoms with Crippen molar-refractivity contribution in [2.75, 3.05) is 11.9 Å². The van der Waals surface area contributed by atoms with E-state index in [2.05, 4.69) is 28.3 Å². The zero-order chi connectivity index (χ0) is 17.7. The molecule has 1 aromatic carbocycles. The monoisotopic (exact) mass is 366 g/mol. The third kappa shape index (κ3) is 2.45. The highest BCUT2D eigenvalue weighted by Gasteiger charge is 2.26. The molecule has 0 spiro atoms. The number of hydrogen-bond donors (Lipinski definition) is 3. The Balaban J connectivity index is 1.72. The molecule has 1 unspecified atom stereocenters. The fraction of sp³-hybridized carbons (Fsp3) is 0.278. The first kappa shape index (κ1) is 15.7. The van der Waals surface area contributed by atoms with Crippen molar-refractivity contribution in [1.29, 1.82) is 0 Å². The predicted molar refractivity (Wildman–Crippen MR) is 102 cm³/mol. The molecule has 0 bridgehead atoms. The smallest absolute Gasteiger partial charge is 0.226 e. The molecule has 0 amide bonds. The molecule has 5 rings (SSSR count). The number of para-hydroxylation sites is 1. The van der Waals surface area contributed by atoms with Gasteiger partial charge in [0.05, 0.1) is 11.6 Å². The van der Waals surface area contributed by atoms with Gasteiger partial charge < -0.3 is 10.4 Å². The van der Waals surface area contributed by atoms with Gasteiger partial charge in [0.2, 0.25) is 5.95 Å². The second-order valence-corrected chi connectivity index (χ2v) is 7.27. The van der Waals surface area contributed by atoms with Gasteiger partial charge in [-0.1, -0.05) is 12.1 Å². The van der Waals surface area contributed by atoms with Gasteiger partial charge in [0, 0.05) is 16.3 Å². The molecule has 1 fully saturated rings. The molecular formula is C18H18N6OS. The summed E-state index contributed by atoms with van der Waals surface area (Å²) in [4.78, 5) is 9.53. The third-order valence-electron chi connectivity index (χ3n) is 4.78. The maximum atomic E-state index is 10.1. The van der Waals surface area contributed by atoms with Crippen molar-refractivity contribution in [2.24, 2.45) is 0 Å². The summed E-state index contributed by atoms with van der Waals surface area (Å²) < 4.78 is 1.75. The van der Waals surface area contributed by atoms with Crippen LogP contribution in [0.3, 0.4) is 0 Å². The minimum Gasteiger partial charge on any atom is -0.376 e. The lowest BCUT2D eigenvalue weighted by molar-refractivity contribution is 0.149. The Labute approximate surface area is 153 Å². The van der Waals surface area contributed by atoms with Crippen molar-refractivity contribution in [3.63, 3.8) is 0 Å². The summed E-state index contributed by atoms with van der Waals surface area (Å²) in [6.45, 7) is 2.83. The standard InChI is InChI=1S/C18H18N6OS/c1-10-8-26-9-12(10)15-22-16-11-4-2-3-5-13(11)20-18(24(16)23-15)21-14-6-7-19-17(14)25/h2-5,8-9,14,17,19,25H,6-7H2,1H3,(H,20,21)/t14-,17?/m1/s1. The van der Waals surface area contributed by atoms with Crippen molar-refractivity contribution < 1.29 is 5.11 Å². The lowest BCUT2D eigenvalue weighted by Gasteiger charge is -2.17. The highest BCUT2D eigenvalue weighted by molar-refractivity contribution is 7.08. The fourth-order valence-corrected chi connectivity index (χ4v) is 4.18. The molecule has 0 aliphatic carbocycles. The normalized spacial score (nSPS) is 20.2. The number of thiophene rings is 1. The van der Waals surface area contributed by atoms with E-state index >= 15 is 0 Å². The zero-order valence-corrected chi connectivity index (χ0v) is 15.0. The van der Waals surface area contributed by atoms with Crippen LogP contribution in [-0.2, 0) is 0 Å². The Morgan fingerprint density at radius 2 is 2.15 bits per heavy atom. The molecule has 7 nitrogen and oxygen atoms in total. The molecule has 1 saturated heterocycles. The van der Waals surface area contributed by atoms with Crippen LogP contribution < -0.4 is 10.6 Å². The number of anilines is 1. The molecule has 0 saturated carbocycles. The van der Waals surface area contributed by atoms with E-state index in [0.717, 1.165) is 40.6 Å². The van der Waals surface area contributed by atoms with Crippen molar-refractivity contribution >= 4 is 33.8 Å². The molecule has 1 aliphatic rings. The number of aromatic nitrogens is 4. The number of rotatable bonds is 3. The van der Waals surface area contributed by atoms with Crippen LogP contribution >= 0.6 is 11.3 Å². The van der Waals surface area contributed by atoms with Gasteiger partial charge in [-0.15, -0.1) is 5.10 Å². The average molecular weight is 366 g/mol. The minimum atomic E-state index is -0.597. The zero-order valence-electron chi connectivity index (χ0n) is 14.2. The van der Waals surface area contributed by atoms with Crippen molar-refractivity contribution in [2.45, 2.75) is 25.6 Å². The van der Waals surface area contributed by atoms with Gasteiger partial charge in [0.25, 0.3) is 0 Å². The summed E-state index contributed by atoms with van der Waals surface area (Å²) in [7, 11) is 0. The molecule has 8 heteroatoms. The van der Waals surface area contributed by atoms with E-state index in [-0.39, 0.29) is 6.04 Å². The van der Waals surface area contributed by atoms with Crippen molar-refractivity contribution in [3.8, 4) is 11.4 Å². The number of aliphatic hydroxyl groups is 1. The Morgan fingerprint density at radius 1 is 1.27 bits per heavy atom. The molecule has 3 N–H and O–H groups in total. The second kappa shape index (κ2) is 6.01. The summed E-state index contributed by atoms with van der Waals surface area (Å²) in [6.07, 6.45) is 0.225. The number of hydrogen-bond acceptors (Lipinski definition) is 7. The van der Waals surface area contributed by atoms with Crippen LogP contribution in [0.4, 0.5) is 5.95 Å². The summed E-state index contributed by atoms with van der Waals surface area (Å²) in [5.41, 5.74) is 3.81. The number of benzene rings is 1. The predicted octanol–water partition coefficient (Wildman–Crippen LogP) is 2.41. The van der Waals surface area contributed by atoms with Crippen molar-refractivity contribution in [1.82, 2.24) is 24.9 Å². The van der Waals surface area contributed by atoms with Gasteiger partial charge in [-0.2, -0.15) is 15.9 Å². The second-order valence-electron chi connectivity index (χ2n) is 6.53. The van der Waals surface area contributed by atoms with E-state index in [1.165, 1.54) is 0 Å². The van der Waals surface area contributed by atoms with Crippen LogP contribution in [0.5, 0.6) is 0 Å². The Hall–Kier alpha value is -2.55. The largest absolute Gasteiger partial charge is 0.376 e. The first-order chi connectivity index (χ1) is 12.7. The molecule has 132 valence electrons. The van der Waals surface area contributed by atoms with Gasteiger partial charge in [-0.05, 0) is 43.0 Å². The molecule has 3 aromatic heterocycles. The average Bonchev–Trinajstić information content (AvgIpc) is 3.35. The molecule has 0 radical (unpaired) electrons. The molecule has 26 heavy (non-hydrogen) atoms. The van der Waals surface area contributed by atoms with E-state index in [1.54, 1.807) is 15.9 Å². The van der Waals surface area contributed by atoms with Gasteiger partial charge in [0.1, 0.15) is 6.23 Å². The topological polar surface area (TPSA) is 87.4 Å². The van der Waals surface area contributed by atoms with Gasteiger partial charge in [-0.25, -0.2) is 9.97 Å². The van der Waals surface area contributed by atoms with Crippen LogP contribution in [-0.4, -0.2) is 43.5 Å². The van der Waals surface area contributed by atoms with Crippen LogP contribution in [0.15, 0.2) is 35.0 Å². The first-order valence-electron chi connectivity index (χ1n) is 8.57. The molecule has 1 aliphatic heterocycles. The van der Waals surface area contributed by atoms with E-state index in [0.29, 0.717) is 11.8 Å². The van der Waals surface area contributed by atoms with Crippen LogP contribution in [0, 0.1) is 6.92 Å². The first-order valence-corrected chi connectivity index (χ1v) is 9.51. The molecule has 4 heterocycles. The molecule has 4 aromatic rings. The maximum absolute atomic E-state index is 10.1. The lowest BCUT2D eigenvalue weighted by Crippen LogP contribution is -2.35. The highest BCUT2D eigenvalue weighted by atomic mass is 32.1. The Morgan fingerprint density at radius 3 is 2.92 bits per heavy atom. The quantitative estimate of drug-likeness (QED) is 0.516. The van der Waals surface area contributed by atoms with Gasteiger partial charge in [-0.3, -0.25) is 5.32 Å². The van der Waals surface area contributed by atoms with E-state index in [1.807, 2.05) is 24.3 Å². The molecular weight excluding hydrogens is 348 g/mol. The van der Waals surface area contributed by atoms with Gasteiger partial charge in [0.15, 0.2) is 11.5 Å². The Bertz CT molecular complexity index is 1100. The van der Waals surface area contributed by atoms with Crippen molar-refractivity contribution in [3.05, 3.63) is 40.6 Å². The maximum Gasteiger partial charge on any atom is 0.226 e. The van der Waals surface area contributed by atoms with Crippen LogP contribution in [0.1, 0.15) is 12.0 Å². The van der Waals surface area contributed by atoms with Gasteiger partial charge >= 0.3 is 0 Å². The number of fused-ring (bicyclic) bond motifs is 3. The number of aryl methyl sites for hydroxylation is 1. The SMILES string of the molecule is Cc1cscc1-c1nc2c3ccccc3nc(N[C@@H]3CCNC3O)n2n1. The number of aliphatic hydroxyl groups excluding tert-OH is 1. The summed E-state index contributed by atoms with van der Waals surface area (Å²) >= 11 is 1.64. The van der Waals surface area contributed by atoms with E-state index in [4.69, 9.17) is 15.1 Å². The van der Waals surface area contributed by atoms with E-state index < -0.39 is 6.23 Å². The lowest BCUT2D eigenvalue weighted by atomic mass is 10.2. The van der Waals surface area contributed by atoms with Crippen LogP contribution in [0.25, 0.3) is 27.9 Å². The Kier molecular flexibility index (Phi) is 3.63. The van der Waals surface area contributed by atoms with E-state index in [9.17, 15) is 5.11 Å². The minimum absolute atomic E-state index is 0.109. The number of nitrogens with zero attached hydrogens (tertiary/aromatic N) is 4. The highest BCUT2D eigenvalue weighted by Crippen LogP contribution is 2.28. The summed E-state index contributed by atoms with van der Waals surface area (Å²) in [5, 5.41) is 26.3. The molecule has 2 atom stereocenters.